The molecule has 2 aromatic rings. The van der Waals surface area contributed by atoms with E-state index < -0.39 is 23.7 Å². The maximum Gasteiger partial charge on any atom is 0.416 e. The molecule has 0 aliphatic carbocycles. The molecule has 188 valence electrons. The van der Waals surface area contributed by atoms with E-state index in [4.69, 9.17) is 9.84 Å². The Morgan fingerprint density at radius 2 is 1.74 bits per heavy atom. The summed E-state index contributed by atoms with van der Waals surface area (Å²) in [6, 6.07) is 5.37. The first kappa shape index (κ1) is 23.6. The minimum Gasteiger partial charge on any atom is -0.476 e. The van der Waals surface area contributed by atoms with Crippen molar-refractivity contribution in [3.8, 4) is 0 Å². The zero-order valence-corrected chi connectivity index (χ0v) is 18.9. The number of rotatable bonds is 4. The molecule has 0 saturated carbocycles. The summed E-state index contributed by atoms with van der Waals surface area (Å²) in [6.07, 6.45) is -3.18. The lowest BCUT2D eigenvalue weighted by Crippen LogP contribution is -2.49. The van der Waals surface area contributed by atoms with E-state index in [0.29, 0.717) is 70.0 Å². The van der Waals surface area contributed by atoms with Gasteiger partial charge in [0.05, 0.1) is 18.8 Å². The zero-order valence-electron chi connectivity index (χ0n) is 18.9. The fraction of sp³-hybridized carbons (Fsp3) is 0.522. The van der Waals surface area contributed by atoms with Crippen LogP contribution in [0.3, 0.4) is 0 Å². The number of aromatic carboxylic acids is 1. The van der Waals surface area contributed by atoms with Gasteiger partial charge in [0.15, 0.2) is 5.69 Å². The van der Waals surface area contributed by atoms with Crippen molar-refractivity contribution < 1.29 is 32.6 Å². The van der Waals surface area contributed by atoms with Crippen LogP contribution in [-0.4, -0.2) is 89.2 Å². The fourth-order valence-electron chi connectivity index (χ4n) is 5.09. The lowest BCUT2D eigenvalue weighted by Gasteiger charge is -2.35. The number of piperazine rings is 1. The van der Waals surface area contributed by atoms with Crippen molar-refractivity contribution in [3.05, 3.63) is 47.3 Å². The minimum atomic E-state index is -4.47. The van der Waals surface area contributed by atoms with Crippen molar-refractivity contribution in [1.29, 1.82) is 0 Å². The van der Waals surface area contributed by atoms with Crippen LogP contribution in [0, 0.1) is 11.8 Å². The maximum atomic E-state index is 14.0. The number of nitrogens with zero attached hydrogens (tertiary/aromatic N) is 5. The Morgan fingerprint density at radius 3 is 2.34 bits per heavy atom. The lowest BCUT2D eigenvalue weighted by molar-refractivity contribution is -0.138. The molecule has 1 amide bonds. The van der Waals surface area contributed by atoms with Crippen molar-refractivity contribution in [3.63, 3.8) is 0 Å². The average molecular weight is 493 g/mol. The molecule has 3 aliphatic heterocycles. The molecule has 3 saturated heterocycles. The molecule has 1 aromatic heterocycles. The molecule has 4 heterocycles. The number of carbonyl (C=O) groups excluding carboxylic acids is 1. The molecule has 0 radical (unpaired) electrons. The Kier molecular flexibility index (Phi) is 6.18. The van der Waals surface area contributed by atoms with Gasteiger partial charge in [0, 0.05) is 69.5 Å². The second-order valence-electron chi connectivity index (χ2n) is 9.30. The molecule has 0 bridgehead atoms. The Labute approximate surface area is 199 Å². The number of amides is 1. The van der Waals surface area contributed by atoms with E-state index in [1.807, 2.05) is 9.80 Å². The third kappa shape index (κ3) is 4.85. The quantitative estimate of drug-likeness (QED) is 0.700. The summed E-state index contributed by atoms with van der Waals surface area (Å²) in [5.74, 6) is -0.476. The van der Waals surface area contributed by atoms with Crippen molar-refractivity contribution >= 4 is 17.7 Å². The second kappa shape index (κ2) is 9.15. The fourth-order valence-corrected chi connectivity index (χ4v) is 5.09. The van der Waals surface area contributed by atoms with Gasteiger partial charge < -0.3 is 19.6 Å². The number of anilines is 1. The number of hydrogen-bond acceptors (Lipinski definition) is 6. The van der Waals surface area contributed by atoms with Gasteiger partial charge in [0.25, 0.3) is 0 Å². The van der Waals surface area contributed by atoms with E-state index in [-0.39, 0.29) is 17.8 Å². The van der Waals surface area contributed by atoms with Crippen LogP contribution in [-0.2, 0) is 17.5 Å². The van der Waals surface area contributed by atoms with Gasteiger partial charge in [0.2, 0.25) is 0 Å². The Bertz CT molecular complexity index is 1100. The minimum absolute atomic E-state index is 0.126. The van der Waals surface area contributed by atoms with Crippen molar-refractivity contribution in [1.82, 2.24) is 19.6 Å². The molecular weight excluding hydrogens is 467 g/mol. The maximum absolute atomic E-state index is 14.0. The van der Waals surface area contributed by atoms with Crippen LogP contribution in [0.5, 0.6) is 0 Å². The number of carboxylic acid groups (broad SMARTS) is 1. The van der Waals surface area contributed by atoms with Gasteiger partial charge in [-0.3, -0.25) is 4.90 Å². The SMILES string of the molecule is O=C(O)c1ccn(C(=O)N2CCN(Cc3ccc(N4CC5COCC5C4)cc3C(F)(F)F)CC2)n1. The highest BCUT2D eigenvalue weighted by Crippen LogP contribution is 2.38. The molecular formula is C23H26F3N5O4. The normalized spacial score (nSPS) is 23.1. The smallest absolute Gasteiger partial charge is 0.416 e. The summed E-state index contributed by atoms with van der Waals surface area (Å²) in [7, 11) is 0. The van der Waals surface area contributed by atoms with Crippen LogP contribution in [0.1, 0.15) is 21.6 Å². The largest absolute Gasteiger partial charge is 0.476 e. The Hall–Kier alpha value is -3.12. The third-order valence-corrected chi connectivity index (χ3v) is 7.05. The summed E-state index contributed by atoms with van der Waals surface area (Å²) < 4.78 is 48.3. The number of carboxylic acids is 1. The Balaban J connectivity index is 1.23. The van der Waals surface area contributed by atoms with Gasteiger partial charge in [-0.2, -0.15) is 23.0 Å². The Morgan fingerprint density at radius 1 is 1.06 bits per heavy atom. The number of halogens is 3. The molecule has 0 spiro atoms. The topological polar surface area (TPSA) is 91.1 Å². The third-order valence-electron chi connectivity index (χ3n) is 7.05. The van der Waals surface area contributed by atoms with Gasteiger partial charge in [-0.1, -0.05) is 6.07 Å². The highest BCUT2D eigenvalue weighted by Gasteiger charge is 2.39. The number of alkyl halides is 3. The summed E-state index contributed by atoms with van der Waals surface area (Å²) in [5.41, 5.74) is -0.0575. The molecule has 35 heavy (non-hydrogen) atoms. The lowest BCUT2D eigenvalue weighted by atomic mass is 10.0. The zero-order chi connectivity index (χ0) is 24.7. The second-order valence-corrected chi connectivity index (χ2v) is 9.30. The highest BCUT2D eigenvalue weighted by atomic mass is 19.4. The summed E-state index contributed by atoms with van der Waals surface area (Å²) in [4.78, 5) is 29.0. The molecule has 3 aliphatic rings. The molecule has 2 atom stereocenters. The first-order chi connectivity index (χ1) is 16.7. The van der Waals surface area contributed by atoms with Crippen LogP contribution < -0.4 is 4.90 Å². The molecule has 12 heteroatoms. The molecule has 2 unspecified atom stereocenters. The van der Waals surface area contributed by atoms with Gasteiger partial charge in [0.1, 0.15) is 0 Å². The predicted molar refractivity (Wildman–Crippen MR) is 118 cm³/mol. The summed E-state index contributed by atoms with van der Waals surface area (Å²) in [6.45, 7) is 4.28. The van der Waals surface area contributed by atoms with Gasteiger partial charge in [-0.05, 0) is 23.8 Å². The standard InChI is InChI=1S/C23H26F3N5O4/c24-23(25,26)19-9-18(30-11-16-13-35-14-17(16)12-30)2-1-15(19)10-28-5-7-29(8-6-28)22(34)31-4-3-20(27-31)21(32)33/h1-4,9,16-17H,5-8,10-14H2,(H,32,33). The number of carbonyl (C=O) groups is 2. The average Bonchev–Trinajstić information content (AvgIpc) is 3.55. The van der Waals surface area contributed by atoms with Crippen molar-refractivity contribution in [2.75, 3.05) is 57.4 Å². The van der Waals surface area contributed by atoms with E-state index in [0.717, 1.165) is 4.68 Å². The molecule has 1 N–H and O–H groups in total. The van der Waals surface area contributed by atoms with Gasteiger partial charge >= 0.3 is 18.2 Å². The predicted octanol–water partition coefficient (Wildman–Crippen LogP) is 2.47. The number of benzene rings is 1. The molecule has 5 rings (SSSR count). The van der Waals surface area contributed by atoms with E-state index in [2.05, 4.69) is 5.10 Å². The first-order valence-corrected chi connectivity index (χ1v) is 11.5. The van der Waals surface area contributed by atoms with Crippen LogP contribution in [0.4, 0.5) is 23.7 Å². The van der Waals surface area contributed by atoms with Gasteiger partial charge in [-0.25, -0.2) is 9.59 Å². The van der Waals surface area contributed by atoms with E-state index in [9.17, 15) is 22.8 Å². The van der Waals surface area contributed by atoms with Crippen LogP contribution in [0.25, 0.3) is 0 Å². The number of fused-ring (bicyclic) bond motifs is 1. The van der Waals surface area contributed by atoms with Crippen LogP contribution >= 0.6 is 0 Å². The van der Waals surface area contributed by atoms with Crippen molar-refractivity contribution in [2.24, 2.45) is 11.8 Å². The number of aromatic nitrogens is 2. The number of hydrogen-bond donors (Lipinski definition) is 1. The monoisotopic (exact) mass is 493 g/mol. The highest BCUT2D eigenvalue weighted by molar-refractivity contribution is 5.86. The van der Waals surface area contributed by atoms with E-state index in [1.54, 1.807) is 12.1 Å². The first-order valence-electron chi connectivity index (χ1n) is 11.5. The summed E-state index contributed by atoms with van der Waals surface area (Å²) in [5, 5.41) is 12.7. The van der Waals surface area contributed by atoms with Gasteiger partial charge in [-0.15, -0.1) is 0 Å². The summed E-state index contributed by atoms with van der Waals surface area (Å²) >= 11 is 0. The molecule has 3 fully saturated rings. The van der Waals surface area contributed by atoms with Crippen LogP contribution in [0.15, 0.2) is 30.5 Å². The molecule has 9 nitrogen and oxygen atoms in total. The molecule has 1 aromatic carbocycles. The van der Waals surface area contributed by atoms with E-state index in [1.165, 1.54) is 23.2 Å². The van der Waals surface area contributed by atoms with E-state index >= 15 is 0 Å². The van der Waals surface area contributed by atoms with Crippen molar-refractivity contribution in [2.45, 2.75) is 12.7 Å². The van der Waals surface area contributed by atoms with Crippen LogP contribution in [0.2, 0.25) is 0 Å². The number of ether oxygens (including phenoxy) is 1.